The average molecular weight is 209 g/mol. The zero-order valence-electron chi connectivity index (χ0n) is 11.7. The van der Waals surface area contributed by atoms with E-state index in [0.29, 0.717) is 0 Å². The van der Waals surface area contributed by atoms with E-state index in [9.17, 15) is 0 Å². The fourth-order valence-corrected chi connectivity index (χ4v) is 0.954. The second-order valence-electron chi connectivity index (χ2n) is 3.48. The van der Waals surface area contributed by atoms with Crippen molar-refractivity contribution in [3.05, 3.63) is 28.6 Å². The summed E-state index contributed by atoms with van der Waals surface area (Å²) in [5.41, 5.74) is 5.11. The van der Waals surface area contributed by atoms with Gasteiger partial charge < -0.3 is 0 Å². The zero-order valence-corrected chi connectivity index (χ0v) is 11.7. The van der Waals surface area contributed by atoms with Crippen LogP contribution in [0.15, 0.2) is 6.20 Å². The first kappa shape index (κ1) is 16.6. The van der Waals surface area contributed by atoms with Crippen molar-refractivity contribution in [3.8, 4) is 0 Å². The molecule has 0 aliphatic rings. The van der Waals surface area contributed by atoms with E-state index in [0.717, 1.165) is 5.69 Å². The molecule has 0 fully saturated rings. The van der Waals surface area contributed by atoms with Crippen LogP contribution in [0.4, 0.5) is 0 Å². The van der Waals surface area contributed by atoms with E-state index in [-0.39, 0.29) is 0 Å². The molecule has 88 valence electrons. The lowest BCUT2D eigenvalue weighted by Gasteiger charge is -2.05. The molecule has 1 aromatic heterocycles. The summed E-state index contributed by atoms with van der Waals surface area (Å²) in [6, 6.07) is 0. The van der Waals surface area contributed by atoms with Gasteiger partial charge in [-0.05, 0) is 44.4 Å². The molecule has 0 saturated carbocycles. The highest BCUT2D eigenvalue weighted by Crippen LogP contribution is 2.12. The molecule has 0 aromatic carbocycles. The number of nitrogens with zero attached hydrogens (tertiary/aromatic N) is 1. The lowest BCUT2D eigenvalue weighted by atomic mass is 10.1. The van der Waals surface area contributed by atoms with Gasteiger partial charge in [0.25, 0.3) is 0 Å². The Kier molecular flexibility index (Phi) is 10.7. The third kappa shape index (κ3) is 6.27. The lowest BCUT2D eigenvalue weighted by molar-refractivity contribution is 1.09. The van der Waals surface area contributed by atoms with Crippen LogP contribution in [0.3, 0.4) is 0 Å². The molecular formula is C14H27N. The fraction of sp³-hybridized carbons (Fsp3) is 0.643. The van der Waals surface area contributed by atoms with Crippen LogP contribution in [-0.4, -0.2) is 4.98 Å². The smallest absolute Gasteiger partial charge is 0.0404 e. The minimum Gasteiger partial charge on any atom is -0.261 e. The molecule has 1 heteroatoms. The molecule has 0 saturated heterocycles. The first-order valence-electron chi connectivity index (χ1n) is 5.93. The van der Waals surface area contributed by atoms with E-state index < -0.39 is 0 Å². The van der Waals surface area contributed by atoms with E-state index in [2.05, 4.69) is 39.6 Å². The maximum atomic E-state index is 4.24. The predicted molar refractivity (Wildman–Crippen MR) is 70.5 cm³/mol. The van der Waals surface area contributed by atoms with Gasteiger partial charge in [0.05, 0.1) is 0 Å². The van der Waals surface area contributed by atoms with Crippen LogP contribution in [0.5, 0.6) is 0 Å². The Morgan fingerprint density at radius 3 is 1.67 bits per heavy atom. The van der Waals surface area contributed by atoms with Gasteiger partial charge in [-0.1, -0.05) is 34.1 Å². The molecule has 0 aliphatic carbocycles. The molecule has 0 aliphatic heterocycles. The molecule has 0 N–H and O–H groups in total. The van der Waals surface area contributed by atoms with Gasteiger partial charge in [0, 0.05) is 11.9 Å². The molecule has 0 unspecified atom stereocenters. The van der Waals surface area contributed by atoms with Crippen LogP contribution < -0.4 is 0 Å². The Balaban J connectivity index is 0. The summed E-state index contributed by atoms with van der Waals surface area (Å²) < 4.78 is 0. The topological polar surface area (TPSA) is 12.9 Å². The molecule has 1 rings (SSSR count). The zero-order chi connectivity index (χ0) is 12.4. The second kappa shape index (κ2) is 9.70. The van der Waals surface area contributed by atoms with Gasteiger partial charge in [-0.15, -0.1) is 0 Å². The van der Waals surface area contributed by atoms with Crippen molar-refractivity contribution >= 4 is 0 Å². The Morgan fingerprint density at radius 1 is 0.933 bits per heavy atom. The van der Waals surface area contributed by atoms with Gasteiger partial charge in [-0.2, -0.15) is 0 Å². The Hall–Kier alpha value is -0.850. The van der Waals surface area contributed by atoms with E-state index in [1.165, 1.54) is 23.1 Å². The van der Waals surface area contributed by atoms with Crippen molar-refractivity contribution in [2.24, 2.45) is 0 Å². The maximum absolute atomic E-state index is 4.24. The minimum absolute atomic E-state index is 1.14. The maximum Gasteiger partial charge on any atom is 0.0404 e. The standard InChI is InChI=1S/C9H13N.C3H8.C2H6/c1-6-5-10-9(4)8(3)7(6)2;1-3-2;1-2/h5H,1-4H3;3H2,1-2H3;1-2H3. The predicted octanol–water partition coefficient (Wildman–Crippen LogP) is 4.76. The third-order valence-electron chi connectivity index (χ3n) is 2.15. The normalized spacial score (nSPS) is 8.27. The summed E-state index contributed by atoms with van der Waals surface area (Å²) in [6.07, 6.45) is 3.18. The fourth-order valence-electron chi connectivity index (χ4n) is 0.954. The number of aromatic nitrogens is 1. The number of aryl methyl sites for hydroxylation is 2. The quantitative estimate of drug-likeness (QED) is 0.600. The summed E-state index contributed by atoms with van der Waals surface area (Å²) in [4.78, 5) is 4.24. The molecule has 1 heterocycles. The number of hydrogen-bond donors (Lipinski definition) is 0. The summed E-state index contributed by atoms with van der Waals surface area (Å²) in [5.74, 6) is 0. The molecule has 0 spiro atoms. The molecule has 1 aromatic rings. The minimum atomic E-state index is 1.14. The highest BCUT2D eigenvalue weighted by atomic mass is 14.7. The highest BCUT2D eigenvalue weighted by molar-refractivity contribution is 5.32. The second-order valence-corrected chi connectivity index (χ2v) is 3.48. The van der Waals surface area contributed by atoms with Crippen molar-refractivity contribution in [2.45, 2.75) is 61.8 Å². The van der Waals surface area contributed by atoms with E-state index in [1.54, 1.807) is 0 Å². The monoisotopic (exact) mass is 209 g/mol. The van der Waals surface area contributed by atoms with Crippen LogP contribution in [-0.2, 0) is 0 Å². The molecule has 0 bridgehead atoms. The Bertz CT molecular complexity index is 237. The third-order valence-corrected chi connectivity index (χ3v) is 2.15. The summed E-state index contributed by atoms with van der Waals surface area (Å²) in [5, 5.41) is 0. The van der Waals surface area contributed by atoms with Crippen molar-refractivity contribution in [1.82, 2.24) is 4.98 Å². The molecule has 1 nitrogen and oxygen atoms in total. The van der Waals surface area contributed by atoms with Crippen LogP contribution >= 0.6 is 0 Å². The summed E-state index contributed by atoms with van der Waals surface area (Å²) >= 11 is 0. The van der Waals surface area contributed by atoms with Crippen molar-refractivity contribution in [3.63, 3.8) is 0 Å². The molecule has 0 amide bonds. The largest absolute Gasteiger partial charge is 0.261 e. The summed E-state index contributed by atoms with van der Waals surface area (Å²) in [6.45, 7) is 16.6. The molecule has 0 atom stereocenters. The first-order chi connectivity index (χ1) is 7.04. The number of hydrogen-bond acceptors (Lipinski definition) is 1. The SMILES string of the molecule is CC.CCC.Cc1cnc(C)c(C)c1C. The van der Waals surface area contributed by atoms with Crippen molar-refractivity contribution in [1.29, 1.82) is 0 Å². The lowest BCUT2D eigenvalue weighted by Crippen LogP contribution is -1.92. The van der Waals surface area contributed by atoms with Gasteiger partial charge in [-0.3, -0.25) is 4.98 Å². The van der Waals surface area contributed by atoms with Gasteiger partial charge in [0.15, 0.2) is 0 Å². The van der Waals surface area contributed by atoms with E-state index in [4.69, 9.17) is 0 Å². The van der Waals surface area contributed by atoms with Gasteiger partial charge in [0.2, 0.25) is 0 Å². The first-order valence-corrected chi connectivity index (χ1v) is 5.93. The van der Waals surface area contributed by atoms with E-state index in [1.807, 2.05) is 27.0 Å². The highest BCUT2D eigenvalue weighted by Gasteiger charge is 1.98. The van der Waals surface area contributed by atoms with Crippen molar-refractivity contribution in [2.75, 3.05) is 0 Å². The van der Waals surface area contributed by atoms with Crippen LogP contribution in [0.2, 0.25) is 0 Å². The molecule has 0 radical (unpaired) electrons. The van der Waals surface area contributed by atoms with Crippen molar-refractivity contribution < 1.29 is 0 Å². The summed E-state index contributed by atoms with van der Waals surface area (Å²) in [7, 11) is 0. The molecular weight excluding hydrogens is 182 g/mol. The molecule has 15 heavy (non-hydrogen) atoms. The van der Waals surface area contributed by atoms with Gasteiger partial charge in [0.1, 0.15) is 0 Å². The Morgan fingerprint density at radius 2 is 1.33 bits per heavy atom. The van der Waals surface area contributed by atoms with Crippen LogP contribution in [0.25, 0.3) is 0 Å². The Labute approximate surface area is 95.9 Å². The number of rotatable bonds is 0. The van der Waals surface area contributed by atoms with Gasteiger partial charge >= 0.3 is 0 Å². The van der Waals surface area contributed by atoms with Crippen LogP contribution in [0.1, 0.15) is 56.5 Å². The average Bonchev–Trinajstić information content (AvgIpc) is 2.25. The van der Waals surface area contributed by atoms with E-state index >= 15 is 0 Å². The van der Waals surface area contributed by atoms with Gasteiger partial charge in [-0.25, -0.2) is 0 Å². The number of pyridine rings is 1. The van der Waals surface area contributed by atoms with Crippen LogP contribution in [0, 0.1) is 27.7 Å².